The molecule has 1 aromatic carbocycles. The summed E-state index contributed by atoms with van der Waals surface area (Å²) in [5.41, 5.74) is 1.12. The Balaban J connectivity index is 2.53. The van der Waals surface area contributed by atoms with E-state index in [4.69, 9.17) is 4.74 Å². The Kier molecular flexibility index (Phi) is 7.41. The van der Waals surface area contributed by atoms with Gasteiger partial charge in [-0.25, -0.2) is 0 Å². The van der Waals surface area contributed by atoms with Gasteiger partial charge in [-0.15, -0.1) is 0 Å². The van der Waals surface area contributed by atoms with E-state index in [9.17, 15) is 4.79 Å². The lowest BCUT2D eigenvalue weighted by Gasteiger charge is -2.11. The molecule has 0 unspecified atom stereocenters. The summed E-state index contributed by atoms with van der Waals surface area (Å²) < 4.78 is 7.37. The first-order valence-corrected chi connectivity index (χ1v) is 7.69. The molecule has 0 bridgehead atoms. The third-order valence-corrected chi connectivity index (χ3v) is 3.66. The van der Waals surface area contributed by atoms with E-state index in [-0.39, 0.29) is 5.91 Å². The molecule has 1 amide bonds. The topological polar surface area (TPSA) is 50.4 Å². The second-order valence-corrected chi connectivity index (χ2v) is 5.63. The summed E-state index contributed by atoms with van der Waals surface area (Å²) in [5.74, 6) is 0.859. The van der Waals surface area contributed by atoms with Crippen LogP contribution in [0, 0.1) is 0 Å². The molecule has 0 radical (unpaired) electrons. The van der Waals surface area contributed by atoms with Crippen LogP contribution in [0.2, 0.25) is 0 Å². The second kappa shape index (κ2) is 8.55. The van der Waals surface area contributed by atoms with Gasteiger partial charge in [0.15, 0.2) is 0 Å². The van der Waals surface area contributed by atoms with E-state index in [1.165, 1.54) is 0 Å². The Bertz CT molecular complexity index is 416. The quantitative estimate of drug-likeness (QED) is 0.700. The molecule has 0 atom stereocenters. The minimum absolute atomic E-state index is 0.0431. The van der Waals surface area contributed by atoms with Gasteiger partial charge >= 0.3 is 0 Å². The maximum absolute atomic E-state index is 11.1. The highest BCUT2D eigenvalue weighted by Gasteiger charge is 2.08. The molecular formula is C13H18Br2N2O2. The Hall–Kier alpha value is -0.590. The summed E-state index contributed by atoms with van der Waals surface area (Å²) in [5, 5.41) is 5.82. The van der Waals surface area contributed by atoms with E-state index < -0.39 is 0 Å². The molecule has 0 spiro atoms. The standard InChI is InChI=1S/C13H18Br2N2O2/c1-3-19-13-10(14)6-9(7-11(13)15)8-17-5-4-12(18)16-2/h6-7,17H,3-5,8H2,1-2H3,(H,16,18). The molecule has 1 aromatic rings. The Morgan fingerprint density at radius 3 is 2.47 bits per heavy atom. The number of carbonyl (C=O) groups excluding carboxylic acids is 1. The summed E-state index contributed by atoms with van der Waals surface area (Å²) in [6.07, 6.45) is 0.482. The van der Waals surface area contributed by atoms with Crippen molar-refractivity contribution >= 4 is 37.8 Å². The first kappa shape index (κ1) is 16.5. The summed E-state index contributed by atoms with van der Waals surface area (Å²) in [6, 6.07) is 4.03. The fourth-order valence-corrected chi connectivity index (χ4v) is 3.07. The lowest BCUT2D eigenvalue weighted by molar-refractivity contribution is -0.120. The maximum Gasteiger partial charge on any atom is 0.221 e. The molecule has 106 valence electrons. The number of rotatable bonds is 7. The average Bonchev–Trinajstić information content (AvgIpc) is 2.38. The number of ether oxygens (including phenoxy) is 1. The van der Waals surface area contributed by atoms with Crippen molar-refractivity contribution < 1.29 is 9.53 Å². The molecule has 0 saturated carbocycles. The lowest BCUT2D eigenvalue weighted by atomic mass is 10.2. The van der Waals surface area contributed by atoms with Crippen molar-refractivity contribution in [3.63, 3.8) is 0 Å². The summed E-state index contributed by atoms with van der Waals surface area (Å²) in [7, 11) is 1.64. The third kappa shape index (κ3) is 5.50. The van der Waals surface area contributed by atoms with E-state index in [1.807, 2.05) is 19.1 Å². The van der Waals surface area contributed by atoms with Crippen LogP contribution in [0.1, 0.15) is 18.9 Å². The van der Waals surface area contributed by atoms with E-state index >= 15 is 0 Å². The molecule has 0 fully saturated rings. The van der Waals surface area contributed by atoms with Crippen LogP contribution in [0.5, 0.6) is 5.75 Å². The van der Waals surface area contributed by atoms with Crippen LogP contribution in [0.4, 0.5) is 0 Å². The first-order chi connectivity index (χ1) is 9.08. The van der Waals surface area contributed by atoms with Crippen molar-refractivity contribution in [2.45, 2.75) is 19.9 Å². The van der Waals surface area contributed by atoms with Crippen molar-refractivity contribution in [2.24, 2.45) is 0 Å². The van der Waals surface area contributed by atoms with Crippen molar-refractivity contribution in [3.8, 4) is 5.75 Å². The minimum Gasteiger partial charge on any atom is -0.492 e. The van der Waals surface area contributed by atoms with Crippen LogP contribution < -0.4 is 15.4 Å². The van der Waals surface area contributed by atoms with Crippen LogP contribution in [-0.2, 0) is 11.3 Å². The van der Waals surface area contributed by atoms with Gasteiger partial charge in [0, 0.05) is 26.6 Å². The molecule has 0 heterocycles. The van der Waals surface area contributed by atoms with Crippen molar-refractivity contribution in [1.29, 1.82) is 0 Å². The molecular weight excluding hydrogens is 376 g/mol. The highest BCUT2D eigenvalue weighted by Crippen LogP contribution is 2.34. The zero-order chi connectivity index (χ0) is 14.3. The first-order valence-electron chi connectivity index (χ1n) is 6.10. The Morgan fingerprint density at radius 1 is 1.32 bits per heavy atom. The van der Waals surface area contributed by atoms with Crippen molar-refractivity contribution in [2.75, 3.05) is 20.2 Å². The molecule has 19 heavy (non-hydrogen) atoms. The van der Waals surface area contributed by atoms with Gasteiger partial charge in [-0.2, -0.15) is 0 Å². The van der Waals surface area contributed by atoms with E-state index in [0.29, 0.717) is 26.1 Å². The zero-order valence-electron chi connectivity index (χ0n) is 11.1. The predicted molar refractivity (Wildman–Crippen MR) is 83.4 cm³/mol. The number of benzene rings is 1. The van der Waals surface area contributed by atoms with Gasteiger partial charge in [0.25, 0.3) is 0 Å². The van der Waals surface area contributed by atoms with Gasteiger partial charge in [-0.05, 0) is 56.5 Å². The predicted octanol–water partition coefficient (Wildman–Crippen LogP) is 2.84. The van der Waals surface area contributed by atoms with Gasteiger partial charge < -0.3 is 15.4 Å². The van der Waals surface area contributed by atoms with Crippen LogP contribution >= 0.6 is 31.9 Å². The molecule has 4 nitrogen and oxygen atoms in total. The second-order valence-electron chi connectivity index (χ2n) is 3.92. The Labute approximate surface area is 130 Å². The largest absolute Gasteiger partial charge is 0.492 e. The molecule has 0 aliphatic heterocycles. The smallest absolute Gasteiger partial charge is 0.221 e. The molecule has 0 aliphatic carbocycles. The van der Waals surface area contributed by atoms with Gasteiger partial charge in [0.1, 0.15) is 5.75 Å². The van der Waals surface area contributed by atoms with Gasteiger partial charge in [-0.3, -0.25) is 4.79 Å². The summed E-state index contributed by atoms with van der Waals surface area (Å²) >= 11 is 6.99. The molecule has 0 aromatic heterocycles. The van der Waals surface area contributed by atoms with E-state index in [0.717, 1.165) is 20.3 Å². The molecule has 2 N–H and O–H groups in total. The number of nitrogens with one attached hydrogen (secondary N) is 2. The average molecular weight is 394 g/mol. The van der Waals surface area contributed by atoms with E-state index in [1.54, 1.807) is 7.05 Å². The molecule has 6 heteroatoms. The van der Waals surface area contributed by atoms with E-state index in [2.05, 4.69) is 42.5 Å². The number of halogens is 2. The fourth-order valence-electron chi connectivity index (χ4n) is 1.56. The number of amides is 1. The van der Waals surface area contributed by atoms with Gasteiger partial charge in [0.05, 0.1) is 15.6 Å². The summed E-state index contributed by atoms with van der Waals surface area (Å²) in [6.45, 7) is 3.94. The SMILES string of the molecule is CCOc1c(Br)cc(CNCCC(=O)NC)cc1Br. The van der Waals surface area contributed by atoms with Crippen LogP contribution in [0.3, 0.4) is 0 Å². The zero-order valence-corrected chi connectivity index (χ0v) is 14.2. The normalized spacial score (nSPS) is 10.3. The fraction of sp³-hybridized carbons (Fsp3) is 0.462. The minimum atomic E-state index is 0.0431. The van der Waals surface area contributed by atoms with Gasteiger partial charge in [0.2, 0.25) is 5.91 Å². The van der Waals surface area contributed by atoms with Gasteiger partial charge in [-0.1, -0.05) is 0 Å². The third-order valence-electron chi connectivity index (χ3n) is 2.48. The lowest BCUT2D eigenvalue weighted by Crippen LogP contribution is -2.24. The highest BCUT2D eigenvalue weighted by atomic mass is 79.9. The highest BCUT2D eigenvalue weighted by molar-refractivity contribution is 9.11. The van der Waals surface area contributed by atoms with Crippen LogP contribution in [-0.4, -0.2) is 26.1 Å². The van der Waals surface area contributed by atoms with Crippen molar-refractivity contribution in [3.05, 3.63) is 26.6 Å². The number of hydrogen-bond donors (Lipinski definition) is 2. The molecule has 0 saturated heterocycles. The van der Waals surface area contributed by atoms with Crippen molar-refractivity contribution in [1.82, 2.24) is 10.6 Å². The summed E-state index contributed by atoms with van der Waals surface area (Å²) in [4.78, 5) is 11.1. The number of hydrogen-bond acceptors (Lipinski definition) is 3. The number of carbonyl (C=O) groups is 1. The monoisotopic (exact) mass is 392 g/mol. The molecule has 0 aliphatic rings. The van der Waals surface area contributed by atoms with Crippen LogP contribution in [0.15, 0.2) is 21.1 Å². The Morgan fingerprint density at radius 2 is 1.95 bits per heavy atom. The maximum atomic E-state index is 11.1. The molecule has 1 rings (SSSR count). The van der Waals surface area contributed by atoms with Crippen LogP contribution in [0.25, 0.3) is 0 Å².